The molecule has 1 aromatic heterocycles. The van der Waals surface area contributed by atoms with Crippen LogP contribution in [-0.4, -0.2) is 13.1 Å². The van der Waals surface area contributed by atoms with E-state index in [0.29, 0.717) is 11.5 Å². The Kier molecular flexibility index (Phi) is 3.66. The van der Waals surface area contributed by atoms with Gasteiger partial charge in [0.25, 0.3) is 0 Å². The van der Waals surface area contributed by atoms with E-state index in [1.165, 1.54) is 0 Å². The van der Waals surface area contributed by atoms with Gasteiger partial charge in [0.1, 0.15) is 11.7 Å². The fourth-order valence-corrected chi connectivity index (χ4v) is 3.14. The molecule has 1 aliphatic heterocycles. The number of nitriles is 1. The number of hydrogen-bond acceptors (Lipinski definition) is 4. The zero-order chi connectivity index (χ0) is 15.9. The predicted octanol–water partition coefficient (Wildman–Crippen LogP) is 3.52. The van der Waals surface area contributed by atoms with Gasteiger partial charge in [-0.25, -0.2) is 4.79 Å². The summed E-state index contributed by atoms with van der Waals surface area (Å²) in [6, 6.07) is 6.04. The van der Waals surface area contributed by atoms with Gasteiger partial charge >= 0.3 is 5.63 Å². The van der Waals surface area contributed by atoms with Crippen LogP contribution in [0.15, 0.2) is 21.3 Å². The van der Waals surface area contributed by atoms with Gasteiger partial charge in [-0.3, -0.25) is 0 Å². The van der Waals surface area contributed by atoms with Crippen LogP contribution in [0.25, 0.3) is 11.0 Å². The van der Waals surface area contributed by atoms with Crippen LogP contribution in [-0.2, 0) is 0 Å². The fourth-order valence-electron chi connectivity index (χ4n) is 3.14. The SMILES string of the molecule is Cc1ccc2c(N3CCC(C)CC3)c(C#N)c(=O)oc2c1C. The first-order valence-electron chi connectivity index (χ1n) is 7.75. The quantitative estimate of drug-likeness (QED) is 0.756. The molecule has 0 saturated carbocycles. The summed E-state index contributed by atoms with van der Waals surface area (Å²) in [5.41, 5.74) is 3.01. The van der Waals surface area contributed by atoms with Gasteiger partial charge in [0.05, 0.1) is 5.69 Å². The van der Waals surface area contributed by atoms with Gasteiger partial charge in [0, 0.05) is 18.5 Å². The first-order valence-corrected chi connectivity index (χ1v) is 7.75. The van der Waals surface area contributed by atoms with Crippen LogP contribution < -0.4 is 10.5 Å². The Bertz CT molecular complexity index is 822. The molecule has 1 aliphatic rings. The largest absolute Gasteiger partial charge is 0.421 e. The summed E-state index contributed by atoms with van der Waals surface area (Å²) in [6.07, 6.45) is 2.16. The van der Waals surface area contributed by atoms with Gasteiger partial charge in [0.2, 0.25) is 0 Å². The van der Waals surface area contributed by atoms with E-state index in [1.54, 1.807) is 0 Å². The maximum atomic E-state index is 12.2. The summed E-state index contributed by atoms with van der Waals surface area (Å²) in [6.45, 7) is 7.94. The van der Waals surface area contributed by atoms with Gasteiger partial charge in [-0.1, -0.05) is 13.0 Å². The van der Waals surface area contributed by atoms with Gasteiger partial charge < -0.3 is 9.32 Å². The first-order chi connectivity index (χ1) is 10.5. The van der Waals surface area contributed by atoms with Gasteiger partial charge in [0.15, 0.2) is 5.56 Å². The van der Waals surface area contributed by atoms with Crippen LogP contribution in [0.1, 0.15) is 36.5 Å². The molecule has 2 heterocycles. The Morgan fingerprint density at radius 2 is 1.95 bits per heavy atom. The molecule has 0 amide bonds. The molecule has 4 heteroatoms. The number of anilines is 1. The van der Waals surface area contributed by atoms with E-state index in [9.17, 15) is 10.1 Å². The maximum absolute atomic E-state index is 12.2. The zero-order valence-corrected chi connectivity index (χ0v) is 13.3. The molecule has 0 aliphatic carbocycles. The first kappa shape index (κ1) is 14.6. The van der Waals surface area contributed by atoms with E-state index in [-0.39, 0.29) is 5.56 Å². The van der Waals surface area contributed by atoms with Crippen LogP contribution in [0.5, 0.6) is 0 Å². The van der Waals surface area contributed by atoms with Crippen LogP contribution in [0.3, 0.4) is 0 Å². The number of benzene rings is 1. The molecule has 0 bridgehead atoms. The predicted molar refractivity (Wildman–Crippen MR) is 87.3 cm³/mol. The third-order valence-electron chi connectivity index (χ3n) is 4.78. The number of hydrogen-bond donors (Lipinski definition) is 0. The molecule has 22 heavy (non-hydrogen) atoms. The molecular weight excluding hydrogens is 276 g/mol. The van der Waals surface area contributed by atoms with E-state index in [2.05, 4.69) is 17.9 Å². The molecule has 1 aromatic carbocycles. The lowest BCUT2D eigenvalue weighted by Crippen LogP contribution is -2.34. The zero-order valence-electron chi connectivity index (χ0n) is 13.3. The van der Waals surface area contributed by atoms with Gasteiger partial charge in [-0.15, -0.1) is 0 Å². The molecule has 0 spiro atoms. The molecule has 4 nitrogen and oxygen atoms in total. The smallest absolute Gasteiger partial charge is 0.356 e. The Hall–Kier alpha value is -2.28. The second kappa shape index (κ2) is 5.49. The average molecular weight is 296 g/mol. The third kappa shape index (κ3) is 2.27. The van der Waals surface area contributed by atoms with E-state index in [1.807, 2.05) is 26.0 Å². The lowest BCUT2D eigenvalue weighted by Gasteiger charge is -2.33. The monoisotopic (exact) mass is 296 g/mol. The van der Waals surface area contributed by atoms with Crippen molar-refractivity contribution < 1.29 is 4.42 Å². The van der Waals surface area contributed by atoms with Crippen molar-refractivity contribution >= 4 is 16.7 Å². The van der Waals surface area contributed by atoms with Crippen LogP contribution in [0.4, 0.5) is 5.69 Å². The number of aryl methyl sites for hydroxylation is 2. The summed E-state index contributed by atoms with van der Waals surface area (Å²) in [7, 11) is 0. The second-order valence-electron chi connectivity index (χ2n) is 6.28. The highest BCUT2D eigenvalue weighted by atomic mass is 16.4. The molecule has 2 aromatic rings. The van der Waals surface area contributed by atoms with E-state index in [4.69, 9.17) is 4.42 Å². The summed E-state index contributed by atoms with van der Waals surface area (Å²) >= 11 is 0. The number of nitrogens with zero attached hydrogens (tertiary/aromatic N) is 2. The molecule has 114 valence electrons. The van der Waals surface area contributed by atoms with Crippen molar-refractivity contribution in [1.29, 1.82) is 5.26 Å². The van der Waals surface area contributed by atoms with Crippen molar-refractivity contribution in [3.8, 4) is 6.07 Å². The Morgan fingerprint density at radius 3 is 2.59 bits per heavy atom. The van der Waals surface area contributed by atoms with Crippen molar-refractivity contribution in [2.24, 2.45) is 5.92 Å². The van der Waals surface area contributed by atoms with Crippen molar-refractivity contribution in [2.75, 3.05) is 18.0 Å². The molecule has 0 atom stereocenters. The molecule has 1 saturated heterocycles. The second-order valence-corrected chi connectivity index (χ2v) is 6.28. The van der Waals surface area contributed by atoms with Gasteiger partial charge in [-0.2, -0.15) is 5.26 Å². The van der Waals surface area contributed by atoms with Crippen molar-refractivity contribution in [3.63, 3.8) is 0 Å². The van der Waals surface area contributed by atoms with E-state index < -0.39 is 5.63 Å². The number of rotatable bonds is 1. The lowest BCUT2D eigenvalue weighted by molar-refractivity contribution is 0.438. The minimum atomic E-state index is -0.530. The van der Waals surface area contributed by atoms with Crippen molar-refractivity contribution in [3.05, 3.63) is 39.2 Å². The minimum Gasteiger partial charge on any atom is -0.421 e. The highest BCUT2D eigenvalue weighted by Gasteiger charge is 2.24. The summed E-state index contributed by atoms with van der Waals surface area (Å²) in [5.74, 6) is 0.692. The van der Waals surface area contributed by atoms with Crippen molar-refractivity contribution in [2.45, 2.75) is 33.6 Å². The molecular formula is C18H20N2O2. The molecule has 0 unspecified atom stereocenters. The molecule has 3 rings (SSSR count). The summed E-state index contributed by atoms with van der Waals surface area (Å²) in [4.78, 5) is 14.4. The van der Waals surface area contributed by atoms with E-state index >= 15 is 0 Å². The fraction of sp³-hybridized carbons (Fsp3) is 0.444. The third-order valence-corrected chi connectivity index (χ3v) is 4.78. The van der Waals surface area contributed by atoms with Crippen LogP contribution in [0, 0.1) is 31.1 Å². The van der Waals surface area contributed by atoms with E-state index in [0.717, 1.165) is 48.1 Å². The van der Waals surface area contributed by atoms with Gasteiger partial charge in [-0.05, 0) is 49.8 Å². The highest BCUT2D eigenvalue weighted by molar-refractivity contribution is 5.95. The minimum absolute atomic E-state index is 0.130. The topological polar surface area (TPSA) is 57.2 Å². The Morgan fingerprint density at radius 1 is 1.27 bits per heavy atom. The summed E-state index contributed by atoms with van der Waals surface area (Å²) in [5, 5.41) is 10.3. The summed E-state index contributed by atoms with van der Waals surface area (Å²) < 4.78 is 5.44. The Labute approximate surface area is 130 Å². The lowest BCUT2D eigenvalue weighted by atomic mass is 9.97. The highest BCUT2D eigenvalue weighted by Crippen LogP contribution is 2.33. The Balaban J connectivity index is 2.29. The van der Waals surface area contributed by atoms with Crippen LogP contribution >= 0.6 is 0 Å². The average Bonchev–Trinajstić information content (AvgIpc) is 2.51. The standard InChI is InChI=1S/C18H20N2O2/c1-11-6-8-20(9-7-11)16-14-5-4-12(2)13(3)17(14)22-18(21)15(16)10-19/h4-5,11H,6-9H2,1-3H3. The van der Waals surface area contributed by atoms with Crippen LogP contribution in [0.2, 0.25) is 0 Å². The molecule has 1 fully saturated rings. The number of piperidine rings is 1. The number of fused-ring (bicyclic) bond motifs is 1. The maximum Gasteiger partial charge on any atom is 0.356 e. The normalized spacial score (nSPS) is 16.0. The molecule has 0 radical (unpaired) electrons. The van der Waals surface area contributed by atoms with Crippen molar-refractivity contribution in [1.82, 2.24) is 0 Å². The molecule has 0 N–H and O–H groups in total.